The number of hydrogen-bond acceptors (Lipinski definition) is 2. The minimum absolute atomic E-state index is 0.113. The van der Waals surface area contributed by atoms with Crippen LogP contribution in [0.5, 0.6) is 0 Å². The van der Waals surface area contributed by atoms with Crippen molar-refractivity contribution in [2.75, 3.05) is 0 Å². The molecule has 6 heteroatoms. The molecule has 27 heavy (non-hydrogen) atoms. The third kappa shape index (κ3) is 4.10. The summed E-state index contributed by atoms with van der Waals surface area (Å²) in [5.41, 5.74) is 3.44. The average Bonchev–Trinajstić information content (AvgIpc) is 3.03. The van der Waals surface area contributed by atoms with Gasteiger partial charge in [0.25, 0.3) is 12.1 Å². The molecule has 0 saturated heterocycles. The summed E-state index contributed by atoms with van der Waals surface area (Å²) >= 11 is 0. The van der Waals surface area contributed by atoms with Gasteiger partial charge in [0.1, 0.15) is 13.2 Å². The van der Waals surface area contributed by atoms with Crippen molar-refractivity contribution in [3.05, 3.63) is 78.2 Å². The summed E-state index contributed by atoms with van der Waals surface area (Å²) in [5, 5.41) is 0. The second-order valence-electron chi connectivity index (χ2n) is 6.40. The van der Waals surface area contributed by atoms with E-state index >= 15 is 0 Å². The fourth-order valence-electron chi connectivity index (χ4n) is 2.73. The van der Waals surface area contributed by atoms with Gasteiger partial charge in [-0.3, -0.25) is 4.99 Å². The zero-order valence-corrected chi connectivity index (χ0v) is 15.1. The van der Waals surface area contributed by atoms with Gasteiger partial charge < -0.3 is 4.42 Å². The Morgan fingerprint density at radius 3 is 2.78 bits per heavy atom. The van der Waals surface area contributed by atoms with Crippen LogP contribution in [0.25, 0.3) is 11.1 Å². The van der Waals surface area contributed by atoms with Crippen LogP contribution in [0.2, 0.25) is 0 Å². The zero-order chi connectivity index (χ0) is 19.6. The van der Waals surface area contributed by atoms with Crippen LogP contribution in [0.3, 0.4) is 0 Å². The Morgan fingerprint density at radius 1 is 1.33 bits per heavy atom. The van der Waals surface area contributed by atoms with E-state index in [0.717, 1.165) is 23.0 Å². The van der Waals surface area contributed by atoms with Gasteiger partial charge in [0.15, 0.2) is 6.26 Å². The molecule has 0 aromatic carbocycles. The monoisotopic (exact) mass is 373 g/mol. The number of aliphatic imine (C=N–C) groups is 1. The fourth-order valence-corrected chi connectivity index (χ4v) is 2.73. The summed E-state index contributed by atoms with van der Waals surface area (Å²) in [4.78, 5) is 4.14. The summed E-state index contributed by atoms with van der Waals surface area (Å²) in [6, 6.07) is 0. The van der Waals surface area contributed by atoms with E-state index in [2.05, 4.69) is 11.6 Å². The lowest BCUT2D eigenvalue weighted by molar-refractivity contribution is -0.678. The molecule has 0 aliphatic heterocycles. The second-order valence-corrected chi connectivity index (χ2v) is 6.40. The molecule has 2 aliphatic carbocycles. The number of rotatable bonds is 4. The van der Waals surface area contributed by atoms with Crippen molar-refractivity contribution in [2.24, 2.45) is 12.0 Å². The van der Waals surface area contributed by atoms with Crippen LogP contribution in [-0.2, 0) is 7.05 Å². The van der Waals surface area contributed by atoms with Crippen LogP contribution in [-0.4, -0.2) is 18.3 Å². The van der Waals surface area contributed by atoms with Crippen molar-refractivity contribution in [1.29, 1.82) is 0 Å². The molecule has 3 rings (SSSR count). The average molecular weight is 373 g/mol. The summed E-state index contributed by atoms with van der Waals surface area (Å²) in [7, 11) is 1.85. The van der Waals surface area contributed by atoms with Gasteiger partial charge in [-0.15, -0.1) is 0 Å². The third-order valence-corrected chi connectivity index (χ3v) is 4.38. The largest absolute Gasteiger partial charge is 0.406 e. The van der Waals surface area contributed by atoms with Gasteiger partial charge in [-0.1, -0.05) is 18.7 Å². The minimum atomic E-state index is -2.54. The molecule has 2 aliphatic rings. The van der Waals surface area contributed by atoms with Gasteiger partial charge in [0, 0.05) is 18.2 Å². The van der Waals surface area contributed by atoms with Crippen molar-refractivity contribution in [2.45, 2.75) is 25.9 Å². The first-order valence-corrected chi connectivity index (χ1v) is 8.49. The summed E-state index contributed by atoms with van der Waals surface area (Å²) in [6.45, 7) is 5.22. The number of aromatic nitrogens is 1. The van der Waals surface area contributed by atoms with Crippen molar-refractivity contribution in [3.8, 4) is 0 Å². The molecule has 0 N–H and O–H groups in total. The molecule has 0 fully saturated rings. The normalized spacial score (nSPS) is 21.9. The van der Waals surface area contributed by atoms with E-state index in [1.807, 2.05) is 17.7 Å². The van der Waals surface area contributed by atoms with E-state index in [1.54, 1.807) is 30.6 Å². The van der Waals surface area contributed by atoms with Gasteiger partial charge in [-0.2, -0.15) is 4.57 Å². The van der Waals surface area contributed by atoms with Crippen molar-refractivity contribution < 1.29 is 22.2 Å². The summed E-state index contributed by atoms with van der Waals surface area (Å²) < 4.78 is 46.1. The first-order chi connectivity index (χ1) is 12.9. The lowest BCUT2D eigenvalue weighted by Crippen LogP contribution is -2.34. The minimum Gasteiger partial charge on any atom is -0.406 e. The van der Waals surface area contributed by atoms with E-state index in [9.17, 15) is 13.2 Å². The maximum absolute atomic E-state index is 13.3. The molecule has 0 saturated carbocycles. The Balaban J connectivity index is 1.93. The lowest BCUT2D eigenvalue weighted by atomic mass is 9.99. The molecule has 0 radical (unpaired) electrons. The van der Waals surface area contributed by atoms with E-state index in [0.29, 0.717) is 23.6 Å². The van der Waals surface area contributed by atoms with Crippen LogP contribution >= 0.6 is 0 Å². The predicted molar refractivity (Wildman–Crippen MR) is 100.0 cm³/mol. The third-order valence-electron chi connectivity index (χ3n) is 4.38. The Labute approximate surface area is 155 Å². The number of allylic oxidation sites excluding steroid dienone is 10. The van der Waals surface area contributed by atoms with Crippen LogP contribution in [0.4, 0.5) is 13.2 Å². The van der Waals surface area contributed by atoms with Gasteiger partial charge in [0.05, 0.1) is 16.9 Å². The van der Waals surface area contributed by atoms with Crippen molar-refractivity contribution >= 4 is 16.9 Å². The van der Waals surface area contributed by atoms with Crippen molar-refractivity contribution in [1.82, 2.24) is 0 Å². The summed E-state index contributed by atoms with van der Waals surface area (Å²) in [5.74, 6) is 0.610. The smallest absolute Gasteiger partial charge is 0.380 e. The van der Waals surface area contributed by atoms with Gasteiger partial charge in [-0.25, -0.2) is 13.2 Å². The van der Waals surface area contributed by atoms with E-state index in [4.69, 9.17) is 4.42 Å². The number of hydrogen-bond donors (Lipinski definition) is 0. The second kappa shape index (κ2) is 7.78. The number of alkyl halides is 3. The fraction of sp³-hybridized carbons (Fsp3) is 0.238. The maximum Gasteiger partial charge on any atom is 0.380 e. The van der Waals surface area contributed by atoms with Crippen LogP contribution < -0.4 is 4.57 Å². The quantitative estimate of drug-likeness (QED) is 0.690. The number of halogens is 3. The highest BCUT2D eigenvalue weighted by Crippen LogP contribution is 2.25. The summed E-state index contributed by atoms with van der Waals surface area (Å²) in [6.07, 6.45) is 9.99. The molecule has 140 valence electrons. The zero-order valence-electron chi connectivity index (χ0n) is 15.1. The van der Waals surface area contributed by atoms with Gasteiger partial charge in [-0.05, 0) is 36.8 Å². The molecule has 0 amide bonds. The first-order valence-electron chi connectivity index (χ1n) is 8.49. The molecule has 1 atom stereocenters. The topological polar surface area (TPSA) is 29.4 Å². The molecule has 1 aromatic heterocycles. The molecular weight excluding hydrogens is 353 g/mol. The SMILES string of the molecule is C=C1C=CC(c2coc(C3=CCC(F)C=C3)[n+]2C)=CC1=NC=C(C)C(F)F. The number of nitrogens with zero attached hydrogens (tertiary/aromatic N) is 2. The standard InChI is InChI=1S/C21H20F3N2O/c1-13-4-5-16(10-18(13)25-11-14(2)20(23)24)19-12-27-21(26(19)3)15-6-8-17(22)9-7-15/h4-8,10-12,17,20H,1,9H2,2-3H3/q+1. The van der Waals surface area contributed by atoms with E-state index in [-0.39, 0.29) is 5.57 Å². The highest BCUT2D eigenvalue weighted by atomic mass is 19.3. The highest BCUT2D eigenvalue weighted by Gasteiger charge is 2.26. The Bertz CT molecular complexity index is 943. The van der Waals surface area contributed by atoms with Crippen molar-refractivity contribution in [3.63, 3.8) is 0 Å². The molecule has 0 bridgehead atoms. The van der Waals surface area contributed by atoms with Crippen LogP contribution in [0, 0.1) is 0 Å². The van der Waals surface area contributed by atoms with Gasteiger partial charge >= 0.3 is 5.89 Å². The predicted octanol–water partition coefficient (Wildman–Crippen LogP) is 4.90. The van der Waals surface area contributed by atoms with Crippen LogP contribution in [0.15, 0.2) is 76.1 Å². The molecule has 1 heterocycles. The highest BCUT2D eigenvalue weighted by molar-refractivity contribution is 6.16. The van der Waals surface area contributed by atoms with Gasteiger partial charge in [0.2, 0.25) is 0 Å². The first kappa shape index (κ1) is 18.9. The van der Waals surface area contributed by atoms with E-state index in [1.165, 1.54) is 13.0 Å². The van der Waals surface area contributed by atoms with Crippen LogP contribution in [0.1, 0.15) is 24.9 Å². The Hall–Kier alpha value is -2.89. The Morgan fingerprint density at radius 2 is 2.11 bits per heavy atom. The molecule has 1 unspecified atom stereocenters. The Kier molecular flexibility index (Phi) is 5.44. The molecule has 3 nitrogen and oxygen atoms in total. The van der Waals surface area contributed by atoms with E-state index < -0.39 is 12.6 Å². The number of oxazole rings is 1. The molecule has 0 spiro atoms. The maximum atomic E-state index is 13.3. The molecule has 1 aromatic rings. The lowest BCUT2D eigenvalue weighted by Gasteiger charge is -2.08. The molecular formula is C21H20F3N2O+.